The van der Waals surface area contributed by atoms with E-state index in [1.165, 1.54) is 31.6 Å². The number of methoxy groups -OCH3 is 3. The van der Waals surface area contributed by atoms with Crippen molar-refractivity contribution >= 4 is 40.2 Å². The molecule has 0 spiro atoms. The van der Waals surface area contributed by atoms with Crippen LogP contribution >= 0.6 is 23.1 Å². The minimum Gasteiger partial charge on any atom is -0.493 e. The maximum absolute atomic E-state index is 12.2. The van der Waals surface area contributed by atoms with Gasteiger partial charge in [0.2, 0.25) is 16.8 Å². The number of carbonyl (C=O) groups excluding carboxylic acids is 1. The Balaban J connectivity index is 2.06. The molecule has 0 saturated carbocycles. The third-order valence-electron chi connectivity index (χ3n) is 3.33. The van der Waals surface area contributed by atoms with Gasteiger partial charge in [0.05, 0.1) is 21.3 Å². The largest absolute Gasteiger partial charge is 0.493 e. The van der Waals surface area contributed by atoms with E-state index >= 15 is 0 Å². The molecule has 2 rings (SSSR count). The number of aromatic nitrogens is 2. The summed E-state index contributed by atoms with van der Waals surface area (Å²) in [5.74, 6) is 2.74. The summed E-state index contributed by atoms with van der Waals surface area (Å²) in [6.07, 6.45) is 3.05. The average Bonchev–Trinajstić information content (AvgIpc) is 3.10. The molecule has 1 N–H and O–H groups in total. The number of ether oxygens (including phenoxy) is 3. The molecule has 2 aromatic rings. The predicted octanol–water partition coefficient (Wildman–Crippen LogP) is 3.96. The highest BCUT2D eigenvalue weighted by Gasteiger charge is 2.14. The van der Waals surface area contributed by atoms with Gasteiger partial charge in [0, 0.05) is 17.4 Å². The number of carbonyl (C=O) groups is 1. The van der Waals surface area contributed by atoms with E-state index < -0.39 is 0 Å². The van der Waals surface area contributed by atoms with Gasteiger partial charge in [0.25, 0.3) is 0 Å². The van der Waals surface area contributed by atoms with Crippen LogP contribution in [-0.2, 0) is 4.79 Å². The molecule has 0 bridgehead atoms. The van der Waals surface area contributed by atoms with Crippen molar-refractivity contribution in [2.45, 2.75) is 18.2 Å². The van der Waals surface area contributed by atoms with Crippen LogP contribution in [0.1, 0.15) is 19.4 Å². The second kappa shape index (κ2) is 10.2. The number of hydrogen-bond acceptors (Lipinski definition) is 8. The molecule has 0 unspecified atom stereocenters. The highest BCUT2D eigenvalue weighted by molar-refractivity contribution is 8.01. The number of rotatable bonds is 9. The van der Waals surface area contributed by atoms with E-state index in [9.17, 15) is 4.79 Å². The van der Waals surface area contributed by atoms with Crippen LogP contribution in [-0.4, -0.2) is 43.2 Å². The molecule has 9 heteroatoms. The van der Waals surface area contributed by atoms with Gasteiger partial charge in [-0.2, -0.15) is 0 Å². The smallest absolute Gasteiger partial charge is 0.250 e. The van der Waals surface area contributed by atoms with E-state index in [0.717, 1.165) is 10.1 Å². The number of nitrogens with zero attached hydrogens (tertiary/aromatic N) is 2. The van der Waals surface area contributed by atoms with E-state index in [0.29, 0.717) is 33.9 Å². The lowest BCUT2D eigenvalue weighted by atomic mass is 10.1. The molecule has 1 aromatic heterocycles. The van der Waals surface area contributed by atoms with Crippen LogP contribution in [0.15, 0.2) is 22.5 Å². The van der Waals surface area contributed by atoms with Crippen molar-refractivity contribution in [2.75, 3.05) is 32.4 Å². The van der Waals surface area contributed by atoms with Gasteiger partial charge in [0.15, 0.2) is 15.8 Å². The summed E-state index contributed by atoms with van der Waals surface area (Å²) in [6, 6.07) is 3.54. The van der Waals surface area contributed by atoms with Crippen LogP contribution in [0.3, 0.4) is 0 Å². The lowest BCUT2D eigenvalue weighted by Gasteiger charge is -2.13. The van der Waals surface area contributed by atoms with Gasteiger partial charge in [0.1, 0.15) is 0 Å². The fourth-order valence-corrected chi connectivity index (χ4v) is 3.86. The third-order valence-corrected chi connectivity index (χ3v) is 5.72. The second-order valence-corrected chi connectivity index (χ2v) is 8.07. The molecule has 146 valence electrons. The third kappa shape index (κ3) is 5.86. The van der Waals surface area contributed by atoms with Gasteiger partial charge < -0.3 is 14.2 Å². The molecule has 27 heavy (non-hydrogen) atoms. The topological polar surface area (TPSA) is 82.6 Å². The lowest BCUT2D eigenvalue weighted by molar-refractivity contribution is -0.111. The van der Waals surface area contributed by atoms with Crippen molar-refractivity contribution in [3.63, 3.8) is 0 Å². The summed E-state index contributed by atoms with van der Waals surface area (Å²) in [5, 5.41) is 11.3. The molecular weight excluding hydrogens is 386 g/mol. The fraction of sp³-hybridized carbons (Fsp3) is 0.389. The quantitative estimate of drug-likeness (QED) is 0.381. The number of amides is 1. The Kier molecular flexibility index (Phi) is 7.93. The lowest BCUT2D eigenvalue weighted by Crippen LogP contribution is -2.07. The van der Waals surface area contributed by atoms with Crippen LogP contribution in [0.5, 0.6) is 17.2 Å². The van der Waals surface area contributed by atoms with Crippen LogP contribution in [0.2, 0.25) is 0 Å². The van der Waals surface area contributed by atoms with Gasteiger partial charge in [-0.3, -0.25) is 10.1 Å². The van der Waals surface area contributed by atoms with E-state index in [1.807, 2.05) is 0 Å². The molecule has 0 fully saturated rings. The molecule has 7 nitrogen and oxygen atoms in total. The number of benzene rings is 1. The Hall–Kier alpha value is -2.26. The zero-order chi connectivity index (χ0) is 19.8. The SMILES string of the molecule is COc1ccc(/C=C/C(=O)Nc2nnc(SCC(C)C)s2)c(OC)c1OC. The Morgan fingerprint density at radius 3 is 2.56 bits per heavy atom. The van der Waals surface area contributed by atoms with E-state index in [4.69, 9.17) is 14.2 Å². The summed E-state index contributed by atoms with van der Waals surface area (Å²) in [4.78, 5) is 12.2. The summed E-state index contributed by atoms with van der Waals surface area (Å²) < 4.78 is 16.8. The first kappa shape index (κ1) is 21.0. The first-order chi connectivity index (χ1) is 13.0. The molecular formula is C18H23N3O4S2. The van der Waals surface area contributed by atoms with Crippen molar-refractivity contribution in [2.24, 2.45) is 5.92 Å². The molecule has 0 saturated heterocycles. The van der Waals surface area contributed by atoms with Crippen LogP contribution < -0.4 is 19.5 Å². The molecule has 1 amide bonds. The van der Waals surface area contributed by atoms with Gasteiger partial charge in [-0.05, 0) is 24.1 Å². The average molecular weight is 410 g/mol. The van der Waals surface area contributed by atoms with Gasteiger partial charge in [-0.1, -0.05) is 36.9 Å². The summed E-state index contributed by atoms with van der Waals surface area (Å²) >= 11 is 2.99. The minimum atomic E-state index is -0.302. The Morgan fingerprint density at radius 1 is 1.19 bits per heavy atom. The zero-order valence-corrected chi connectivity index (χ0v) is 17.6. The van der Waals surface area contributed by atoms with E-state index in [-0.39, 0.29) is 5.91 Å². The Bertz CT molecular complexity index is 806. The van der Waals surface area contributed by atoms with Crippen LogP contribution in [0, 0.1) is 5.92 Å². The number of hydrogen-bond donors (Lipinski definition) is 1. The highest BCUT2D eigenvalue weighted by atomic mass is 32.2. The normalized spacial score (nSPS) is 11.0. The van der Waals surface area contributed by atoms with Crippen molar-refractivity contribution in [1.82, 2.24) is 10.2 Å². The van der Waals surface area contributed by atoms with E-state index in [2.05, 4.69) is 29.4 Å². The maximum atomic E-state index is 12.2. The van der Waals surface area contributed by atoms with Gasteiger partial charge in [-0.15, -0.1) is 10.2 Å². The molecule has 1 heterocycles. The molecule has 0 aliphatic rings. The standard InChI is InChI=1S/C18H23N3O4S2/c1-11(2)10-26-18-21-20-17(27-18)19-14(22)9-7-12-6-8-13(23-3)16(25-5)15(12)24-4/h6-9,11H,10H2,1-5H3,(H,19,20,22)/b9-7+. The second-order valence-electron chi connectivity index (χ2n) is 5.82. The fourth-order valence-electron chi connectivity index (χ4n) is 2.12. The molecule has 0 radical (unpaired) electrons. The van der Waals surface area contributed by atoms with Crippen LogP contribution in [0.4, 0.5) is 5.13 Å². The molecule has 0 atom stereocenters. The summed E-state index contributed by atoms with van der Waals surface area (Å²) in [7, 11) is 4.62. The molecule has 1 aromatic carbocycles. The van der Waals surface area contributed by atoms with Crippen LogP contribution in [0.25, 0.3) is 6.08 Å². The number of anilines is 1. The first-order valence-electron chi connectivity index (χ1n) is 8.22. The highest BCUT2D eigenvalue weighted by Crippen LogP contribution is 2.40. The molecule has 0 aliphatic heterocycles. The summed E-state index contributed by atoms with van der Waals surface area (Å²) in [5.41, 5.74) is 0.691. The Labute approximate surface area is 167 Å². The maximum Gasteiger partial charge on any atom is 0.250 e. The first-order valence-corrected chi connectivity index (χ1v) is 10.0. The van der Waals surface area contributed by atoms with Gasteiger partial charge in [-0.25, -0.2) is 0 Å². The van der Waals surface area contributed by atoms with Crippen molar-refractivity contribution in [1.29, 1.82) is 0 Å². The van der Waals surface area contributed by atoms with Crippen molar-refractivity contribution in [3.8, 4) is 17.2 Å². The minimum absolute atomic E-state index is 0.302. The number of nitrogens with one attached hydrogen (secondary N) is 1. The summed E-state index contributed by atoms with van der Waals surface area (Å²) in [6.45, 7) is 4.29. The number of thioether (sulfide) groups is 1. The Morgan fingerprint density at radius 2 is 1.93 bits per heavy atom. The van der Waals surface area contributed by atoms with Crippen molar-refractivity contribution in [3.05, 3.63) is 23.8 Å². The monoisotopic (exact) mass is 409 g/mol. The van der Waals surface area contributed by atoms with Gasteiger partial charge >= 0.3 is 0 Å². The zero-order valence-electron chi connectivity index (χ0n) is 15.9. The van der Waals surface area contributed by atoms with E-state index in [1.54, 1.807) is 37.1 Å². The van der Waals surface area contributed by atoms with Crippen molar-refractivity contribution < 1.29 is 19.0 Å². The predicted molar refractivity (Wildman–Crippen MR) is 109 cm³/mol. The molecule has 0 aliphatic carbocycles.